The van der Waals surface area contributed by atoms with Crippen LogP contribution in [0.15, 0.2) is 36.0 Å². The molecule has 0 atom stereocenters. The van der Waals surface area contributed by atoms with Crippen LogP contribution in [-0.2, 0) is 0 Å². The van der Waals surface area contributed by atoms with Gasteiger partial charge in [-0.25, -0.2) is 0 Å². The van der Waals surface area contributed by atoms with E-state index in [0.29, 0.717) is 5.71 Å². The van der Waals surface area contributed by atoms with Crippen LogP contribution in [0.2, 0.25) is 0 Å². The molecular weight excluding hydrogens is 134 g/mol. The molecule has 0 unspecified atom stereocenters. The van der Waals surface area contributed by atoms with Crippen LogP contribution in [0, 0.1) is 5.41 Å². The van der Waals surface area contributed by atoms with E-state index in [1.807, 2.05) is 25.2 Å². The smallest absolute Gasteiger partial charge is 0.0355 e. The summed E-state index contributed by atoms with van der Waals surface area (Å²) in [7, 11) is 0. The van der Waals surface area contributed by atoms with Crippen molar-refractivity contribution in [3.05, 3.63) is 36.0 Å². The number of nitrogens with one attached hydrogen (secondary N) is 1. The summed E-state index contributed by atoms with van der Waals surface area (Å²) in [4.78, 5) is 0. The van der Waals surface area contributed by atoms with E-state index >= 15 is 0 Å². The molecule has 0 heterocycles. The van der Waals surface area contributed by atoms with E-state index in [0.717, 1.165) is 18.4 Å². The summed E-state index contributed by atoms with van der Waals surface area (Å²) in [5.74, 6) is 0. The van der Waals surface area contributed by atoms with Crippen LogP contribution in [0.25, 0.3) is 0 Å². The van der Waals surface area contributed by atoms with Gasteiger partial charge in [0.25, 0.3) is 0 Å². The second kappa shape index (κ2) is 3.91. The van der Waals surface area contributed by atoms with Gasteiger partial charge in [0, 0.05) is 5.71 Å². The average Bonchev–Trinajstić information content (AvgIpc) is 1.84. The summed E-state index contributed by atoms with van der Waals surface area (Å²) in [6.07, 6.45) is 12.5. The van der Waals surface area contributed by atoms with Crippen LogP contribution >= 0.6 is 0 Å². The van der Waals surface area contributed by atoms with Crippen molar-refractivity contribution < 1.29 is 0 Å². The molecule has 1 nitrogen and oxygen atoms in total. The van der Waals surface area contributed by atoms with Crippen LogP contribution in [0.1, 0.15) is 19.8 Å². The minimum absolute atomic E-state index is 0.632. The Hall–Kier alpha value is -1.11. The topological polar surface area (TPSA) is 23.9 Å². The zero-order valence-corrected chi connectivity index (χ0v) is 6.80. The fraction of sp³-hybridized carbons (Fsp3) is 0.300. The van der Waals surface area contributed by atoms with Crippen LogP contribution in [0.4, 0.5) is 0 Å². The lowest BCUT2D eigenvalue weighted by Gasteiger charge is -1.98. The first kappa shape index (κ1) is 7.99. The maximum Gasteiger partial charge on any atom is 0.0355 e. The molecule has 0 radical (unpaired) electrons. The third kappa shape index (κ3) is 2.54. The molecule has 1 aliphatic carbocycles. The fourth-order valence-electron chi connectivity index (χ4n) is 0.976. The molecule has 0 fully saturated rings. The van der Waals surface area contributed by atoms with Gasteiger partial charge in [0.05, 0.1) is 0 Å². The van der Waals surface area contributed by atoms with Gasteiger partial charge in [-0.1, -0.05) is 30.4 Å². The molecule has 0 saturated heterocycles. The van der Waals surface area contributed by atoms with Crippen molar-refractivity contribution in [1.29, 1.82) is 5.41 Å². The van der Waals surface area contributed by atoms with E-state index in [2.05, 4.69) is 12.2 Å². The van der Waals surface area contributed by atoms with Crippen molar-refractivity contribution >= 4 is 5.71 Å². The fourth-order valence-corrected chi connectivity index (χ4v) is 0.976. The van der Waals surface area contributed by atoms with Crippen molar-refractivity contribution in [3.63, 3.8) is 0 Å². The monoisotopic (exact) mass is 147 g/mol. The molecule has 0 aromatic carbocycles. The van der Waals surface area contributed by atoms with Crippen LogP contribution in [0.5, 0.6) is 0 Å². The summed E-state index contributed by atoms with van der Waals surface area (Å²) < 4.78 is 0. The summed E-state index contributed by atoms with van der Waals surface area (Å²) >= 11 is 0. The first-order valence-corrected chi connectivity index (χ1v) is 3.89. The molecule has 0 amide bonds. The Bertz CT molecular complexity index is 231. The first-order valence-electron chi connectivity index (χ1n) is 3.89. The minimum Gasteiger partial charge on any atom is -0.305 e. The zero-order chi connectivity index (χ0) is 8.10. The van der Waals surface area contributed by atoms with Crippen molar-refractivity contribution in [2.24, 2.45) is 0 Å². The van der Waals surface area contributed by atoms with Gasteiger partial charge in [0.2, 0.25) is 0 Å². The predicted molar refractivity (Wildman–Crippen MR) is 49.0 cm³/mol. The lowest BCUT2D eigenvalue weighted by molar-refractivity contribution is 1.05. The average molecular weight is 147 g/mol. The number of hydrogen-bond donors (Lipinski definition) is 1. The minimum atomic E-state index is 0.632. The second-order valence-electron chi connectivity index (χ2n) is 2.65. The van der Waals surface area contributed by atoms with Gasteiger partial charge in [0.15, 0.2) is 0 Å². The third-order valence-electron chi connectivity index (χ3n) is 1.64. The third-order valence-corrected chi connectivity index (χ3v) is 1.64. The second-order valence-corrected chi connectivity index (χ2v) is 2.65. The van der Waals surface area contributed by atoms with Gasteiger partial charge in [-0.05, 0) is 25.3 Å². The summed E-state index contributed by atoms with van der Waals surface area (Å²) in [5.41, 5.74) is 1.65. The van der Waals surface area contributed by atoms with E-state index in [-0.39, 0.29) is 0 Å². The largest absolute Gasteiger partial charge is 0.305 e. The summed E-state index contributed by atoms with van der Waals surface area (Å²) in [6, 6.07) is 0. The zero-order valence-electron chi connectivity index (χ0n) is 6.80. The molecule has 0 spiro atoms. The normalized spacial score (nSPS) is 17.0. The van der Waals surface area contributed by atoms with Gasteiger partial charge < -0.3 is 5.41 Å². The number of allylic oxidation sites excluding steroid dienone is 6. The van der Waals surface area contributed by atoms with Crippen LogP contribution in [-0.4, -0.2) is 5.71 Å². The SMILES string of the molecule is CC(=N)C1=CC=CCCC=C1. The molecule has 58 valence electrons. The molecule has 11 heavy (non-hydrogen) atoms. The maximum atomic E-state index is 7.40. The van der Waals surface area contributed by atoms with E-state index in [1.54, 1.807) is 0 Å². The highest BCUT2D eigenvalue weighted by molar-refractivity contribution is 5.98. The number of hydrogen-bond acceptors (Lipinski definition) is 1. The van der Waals surface area contributed by atoms with Crippen molar-refractivity contribution in [2.45, 2.75) is 19.8 Å². The van der Waals surface area contributed by atoms with Crippen LogP contribution < -0.4 is 0 Å². The Labute approximate surface area is 67.6 Å². The Morgan fingerprint density at radius 2 is 2.09 bits per heavy atom. The first-order chi connectivity index (χ1) is 5.30. The Morgan fingerprint density at radius 3 is 2.82 bits per heavy atom. The molecule has 1 aliphatic rings. The van der Waals surface area contributed by atoms with Gasteiger partial charge in [0.1, 0.15) is 0 Å². The summed E-state index contributed by atoms with van der Waals surface area (Å²) in [6.45, 7) is 1.81. The number of rotatable bonds is 1. The van der Waals surface area contributed by atoms with Crippen molar-refractivity contribution in [2.75, 3.05) is 0 Å². The Morgan fingerprint density at radius 1 is 1.36 bits per heavy atom. The van der Waals surface area contributed by atoms with E-state index in [4.69, 9.17) is 5.41 Å². The Balaban J connectivity index is 2.81. The molecule has 1 rings (SSSR count). The van der Waals surface area contributed by atoms with E-state index in [9.17, 15) is 0 Å². The van der Waals surface area contributed by atoms with Gasteiger partial charge in [-0.15, -0.1) is 0 Å². The molecule has 0 saturated carbocycles. The molecular formula is C10H13N. The van der Waals surface area contributed by atoms with Crippen molar-refractivity contribution in [3.8, 4) is 0 Å². The quantitative estimate of drug-likeness (QED) is 0.551. The summed E-state index contributed by atoms with van der Waals surface area (Å²) in [5, 5.41) is 7.40. The van der Waals surface area contributed by atoms with Crippen LogP contribution in [0.3, 0.4) is 0 Å². The van der Waals surface area contributed by atoms with Crippen molar-refractivity contribution in [1.82, 2.24) is 0 Å². The highest BCUT2D eigenvalue weighted by atomic mass is 14.4. The molecule has 1 N–H and O–H groups in total. The maximum absolute atomic E-state index is 7.40. The predicted octanol–water partition coefficient (Wildman–Crippen LogP) is 2.86. The molecule has 0 bridgehead atoms. The molecule has 0 aliphatic heterocycles. The van der Waals surface area contributed by atoms with E-state index < -0.39 is 0 Å². The van der Waals surface area contributed by atoms with Gasteiger partial charge >= 0.3 is 0 Å². The van der Waals surface area contributed by atoms with Gasteiger partial charge in [-0.2, -0.15) is 0 Å². The molecule has 0 aromatic rings. The molecule has 1 heteroatoms. The highest BCUT2D eigenvalue weighted by Crippen LogP contribution is 2.05. The lowest BCUT2D eigenvalue weighted by Crippen LogP contribution is -1.91. The molecule has 0 aromatic heterocycles. The lowest BCUT2D eigenvalue weighted by atomic mass is 10.1. The van der Waals surface area contributed by atoms with E-state index in [1.165, 1.54) is 0 Å². The standard InChI is InChI=1S/C10H13N/c1-9(11)10-7-5-3-2-4-6-8-10/h3,5-8,11H,2,4H2,1H3. The van der Waals surface area contributed by atoms with Gasteiger partial charge in [-0.3, -0.25) is 0 Å². The highest BCUT2D eigenvalue weighted by Gasteiger charge is 1.93. The Kier molecular flexibility index (Phi) is 2.84.